The summed E-state index contributed by atoms with van der Waals surface area (Å²) >= 11 is 0. The molecule has 12 heteroatoms. The lowest BCUT2D eigenvalue weighted by molar-refractivity contribution is -0.141. The molecule has 0 unspecified atom stereocenters. The largest absolute Gasteiger partial charge is 0.494 e. The van der Waals surface area contributed by atoms with Crippen molar-refractivity contribution in [1.29, 1.82) is 0 Å². The third-order valence-corrected chi connectivity index (χ3v) is 6.30. The van der Waals surface area contributed by atoms with Crippen molar-refractivity contribution in [3.63, 3.8) is 0 Å². The number of halogens is 3. The fourth-order valence-corrected chi connectivity index (χ4v) is 4.40. The van der Waals surface area contributed by atoms with Crippen LogP contribution in [0.4, 0.5) is 18.9 Å². The van der Waals surface area contributed by atoms with E-state index in [1.54, 1.807) is 12.1 Å². The van der Waals surface area contributed by atoms with E-state index in [1.165, 1.54) is 7.11 Å². The molecular formula is C23H21F3N6O3. The average molecular weight is 486 g/mol. The van der Waals surface area contributed by atoms with Crippen molar-refractivity contribution >= 4 is 34.4 Å². The molecule has 9 nitrogen and oxygen atoms in total. The number of hydrogen-bond donors (Lipinski definition) is 1. The maximum Gasteiger partial charge on any atom is 0.433 e. The molecule has 0 spiro atoms. The number of benzene rings is 1. The summed E-state index contributed by atoms with van der Waals surface area (Å²) in [6.45, 7) is 0. The molecule has 3 aromatic heterocycles. The van der Waals surface area contributed by atoms with Gasteiger partial charge in [0.05, 0.1) is 30.6 Å². The number of ether oxygens (including phenoxy) is 1. The van der Waals surface area contributed by atoms with Gasteiger partial charge in [0.2, 0.25) is 0 Å². The summed E-state index contributed by atoms with van der Waals surface area (Å²) in [7, 11) is 1.45. The molecule has 1 N–H and O–H groups in total. The van der Waals surface area contributed by atoms with Crippen LogP contribution in [-0.4, -0.2) is 43.7 Å². The molecule has 1 amide bonds. The van der Waals surface area contributed by atoms with Gasteiger partial charge in [-0.05, 0) is 37.8 Å². The van der Waals surface area contributed by atoms with Gasteiger partial charge in [0.15, 0.2) is 5.65 Å². The number of rotatable bonds is 5. The zero-order valence-corrected chi connectivity index (χ0v) is 18.6. The molecule has 5 rings (SSSR count). The molecule has 0 aliphatic heterocycles. The Labute approximate surface area is 196 Å². The van der Waals surface area contributed by atoms with E-state index < -0.39 is 17.8 Å². The Hall–Kier alpha value is -3.96. The average Bonchev–Trinajstić information content (AvgIpc) is 3.46. The highest BCUT2D eigenvalue weighted by Crippen LogP contribution is 2.35. The van der Waals surface area contributed by atoms with Gasteiger partial charge in [-0.2, -0.15) is 23.4 Å². The van der Waals surface area contributed by atoms with Crippen LogP contribution in [0.1, 0.15) is 47.8 Å². The third kappa shape index (κ3) is 4.31. The molecule has 0 bridgehead atoms. The van der Waals surface area contributed by atoms with E-state index in [9.17, 15) is 22.8 Å². The minimum Gasteiger partial charge on any atom is -0.494 e. The number of carbonyl (C=O) groups excluding carboxylic acids is 2. The van der Waals surface area contributed by atoms with Gasteiger partial charge < -0.3 is 14.8 Å². The topological polar surface area (TPSA) is 103 Å². The van der Waals surface area contributed by atoms with Crippen molar-refractivity contribution in [2.75, 3.05) is 12.4 Å². The minimum atomic E-state index is -4.65. The van der Waals surface area contributed by atoms with Crippen molar-refractivity contribution in [1.82, 2.24) is 24.4 Å². The molecular weight excluding hydrogens is 465 g/mol. The summed E-state index contributed by atoms with van der Waals surface area (Å²) in [6.07, 6.45) is 3.83. The number of anilines is 1. The Morgan fingerprint density at radius 3 is 2.69 bits per heavy atom. The van der Waals surface area contributed by atoms with Crippen LogP contribution in [0.5, 0.6) is 5.75 Å². The lowest BCUT2D eigenvalue weighted by Gasteiger charge is -2.25. The normalized spacial score (nSPS) is 18.6. The Morgan fingerprint density at radius 2 is 2.00 bits per heavy atom. The maximum atomic E-state index is 13.1. The predicted octanol–water partition coefficient (Wildman–Crippen LogP) is 4.29. The SMILES string of the molecule is COc1cc2nn([C@H]3CC[C@H](C=O)CC3)cc2cc1NC(=O)c1cnn2ccc(C(F)(F)F)nc12. The van der Waals surface area contributed by atoms with E-state index in [4.69, 9.17) is 4.74 Å². The second-order valence-corrected chi connectivity index (χ2v) is 8.52. The van der Waals surface area contributed by atoms with Crippen LogP contribution in [0, 0.1) is 5.92 Å². The quantitative estimate of drug-likeness (QED) is 0.422. The molecule has 1 aliphatic rings. The molecule has 3 heterocycles. The Kier molecular flexibility index (Phi) is 5.65. The number of alkyl halides is 3. The van der Waals surface area contributed by atoms with Gasteiger partial charge in [0.25, 0.3) is 5.91 Å². The van der Waals surface area contributed by atoms with Gasteiger partial charge >= 0.3 is 6.18 Å². The summed E-state index contributed by atoms with van der Waals surface area (Å²) in [5.74, 6) is -0.231. The van der Waals surface area contributed by atoms with Crippen LogP contribution in [0.2, 0.25) is 0 Å². The highest BCUT2D eigenvalue weighted by molar-refractivity contribution is 6.09. The van der Waals surface area contributed by atoms with Crippen molar-refractivity contribution in [2.45, 2.75) is 37.9 Å². The standard InChI is InChI=1S/C23H21F3N6O3/c1-35-19-9-17-14(11-32(30-17)15-4-2-13(12-33)3-5-15)8-18(19)28-22(34)16-10-27-31-7-6-20(23(24,25)26)29-21(16)31/h6-13,15H,2-5H2,1H3,(H,28,34)/t13-,15-. The summed E-state index contributed by atoms with van der Waals surface area (Å²) < 4.78 is 47.7. The van der Waals surface area contributed by atoms with E-state index in [0.29, 0.717) is 17.0 Å². The van der Waals surface area contributed by atoms with Crippen molar-refractivity contribution in [2.24, 2.45) is 5.92 Å². The molecule has 1 saturated carbocycles. The lowest BCUT2D eigenvalue weighted by Crippen LogP contribution is -2.19. The van der Waals surface area contributed by atoms with Crippen molar-refractivity contribution < 1.29 is 27.5 Å². The highest BCUT2D eigenvalue weighted by Gasteiger charge is 2.33. The number of carbonyl (C=O) groups is 2. The molecule has 182 valence electrons. The Bertz CT molecular complexity index is 1420. The van der Waals surface area contributed by atoms with E-state index in [0.717, 1.165) is 60.3 Å². The van der Waals surface area contributed by atoms with Crippen molar-refractivity contribution in [3.05, 3.63) is 48.0 Å². The highest BCUT2D eigenvalue weighted by atomic mass is 19.4. The first-order valence-corrected chi connectivity index (χ1v) is 11.0. The van der Waals surface area contributed by atoms with Crippen LogP contribution in [0.25, 0.3) is 16.6 Å². The first kappa shape index (κ1) is 22.8. The summed E-state index contributed by atoms with van der Waals surface area (Å²) in [6, 6.07) is 4.36. The summed E-state index contributed by atoms with van der Waals surface area (Å²) in [5, 5.41) is 12.0. The fourth-order valence-electron chi connectivity index (χ4n) is 4.40. The monoisotopic (exact) mass is 486 g/mol. The summed E-state index contributed by atoms with van der Waals surface area (Å²) in [5.41, 5.74) is -0.435. The number of aldehydes is 1. The van der Waals surface area contributed by atoms with Crippen LogP contribution in [-0.2, 0) is 11.0 Å². The van der Waals surface area contributed by atoms with Crippen LogP contribution in [0.3, 0.4) is 0 Å². The van der Waals surface area contributed by atoms with E-state index in [1.807, 2.05) is 10.9 Å². The maximum absolute atomic E-state index is 13.1. The number of aromatic nitrogens is 5. The molecule has 4 aromatic rings. The van der Waals surface area contributed by atoms with Gasteiger partial charge in [0.1, 0.15) is 23.3 Å². The molecule has 1 aromatic carbocycles. The van der Waals surface area contributed by atoms with Gasteiger partial charge in [-0.25, -0.2) is 9.50 Å². The number of nitrogens with one attached hydrogen (secondary N) is 1. The molecule has 0 radical (unpaired) electrons. The molecule has 1 aliphatic carbocycles. The van der Waals surface area contributed by atoms with Gasteiger partial charge in [-0.1, -0.05) is 0 Å². The number of methoxy groups -OCH3 is 1. The molecule has 35 heavy (non-hydrogen) atoms. The first-order valence-electron chi connectivity index (χ1n) is 11.0. The second kappa shape index (κ2) is 8.67. The number of nitrogens with zero attached hydrogens (tertiary/aromatic N) is 5. The van der Waals surface area contributed by atoms with Crippen molar-refractivity contribution in [3.8, 4) is 5.75 Å². The second-order valence-electron chi connectivity index (χ2n) is 8.52. The van der Waals surface area contributed by atoms with Gasteiger partial charge in [-0.3, -0.25) is 9.48 Å². The fraction of sp³-hybridized carbons (Fsp3) is 0.348. The zero-order chi connectivity index (χ0) is 24.7. The first-order chi connectivity index (χ1) is 16.8. The number of amides is 1. The molecule has 1 fully saturated rings. The van der Waals surface area contributed by atoms with E-state index >= 15 is 0 Å². The molecule has 0 saturated heterocycles. The van der Waals surface area contributed by atoms with Crippen LogP contribution in [0.15, 0.2) is 36.8 Å². The Morgan fingerprint density at radius 1 is 1.23 bits per heavy atom. The van der Waals surface area contributed by atoms with Gasteiger partial charge in [-0.15, -0.1) is 0 Å². The van der Waals surface area contributed by atoms with E-state index in [-0.39, 0.29) is 23.2 Å². The lowest BCUT2D eigenvalue weighted by atomic mass is 9.87. The third-order valence-electron chi connectivity index (χ3n) is 6.30. The van der Waals surface area contributed by atoms with Crippen LogP contribution >= 0.6 is 0 Å². The zero-order valence-electron chi connectivity index (χ0n) is 18.6. The minimum absolute atomic E-state index is 0.0970. The van der Waals surface area contributed by atoms with Gasteiger partial charge in [0, 0.05) is 29.8 Å². The Balaban J connectivity index is 1.43. The molecule has 0 atom stereocenters. The number of hydrogen-bond acceptors (Lipinski definition) is 6. The van der Waals surface area contributed by atoms with Crippen LogP contribution < -0.4 is 10.1 Å². The smallest absolute Gasteiger partial charge is 0.433 e. The van der Waals surface area contributed by atoms with E-state index in [2.05, 4.69) is 20.5 Å². The predicted molar refractivity (Wildman–Crippen MR) is 119 cm³/mol. The summed E-state index contributed by atoms with van der Waals surface area (Å²) in [4.78, 5) is 27.6. The number of fused-ring (bicyclic) bond motifs is 2.